The Labute approximate surface area is 103 Å². The van der Waals surface area contributed by atoms with Crippen molar-refractivity contribution in [1.29, 1.82) is 0 Å². The topological polar surface area (TPSA) is 41.5 Å². The lowest BCUT2D eigenvalue weighted by molar-refractivity contribution is -0.121. The smallest absolute Gasteiger partial charge is 0.240 e. The van der Waals surface area contributed by atoms with Crippen LogP contribution in [0.3, 0.4) is 0 Å². The van der Waals surface area contributed by atoms with E-state index in [9.17, 15) is 4.79 Å². The van der Waals surface area contributed by atoms with Crippen LogP contribution in [-0.4, -0.2) is 11.6 Å². The van der Waals surface area contributed by atoms with Gasteiger partial charge in [-0.15, -0.1) is 0 Å². The summed E-state index contributed by atoms with van der Waals surface area (Å²) in [4.78, 5) is 11.5. The molecule has 0 saturated carbocycles. The van der Waals surface area contributed by atoms with Crippen LogP contribution in [0.2, 0.25) is 0 Å². The van der Waals surface area contributed by atoms with Crippen molar-refractivity contribution >= 4 is 11.6 Å². The van der Waals surface area contributed by atoms with Crippen LogP contribution in [0.5, 0.6) is 0 Å². The van der Waals surface area contributed by atoms with Gasteiger partial charge in [0.25, 0.3) is 0 Å². The molecule has 0 aliphatic rings. The van der Waals surface area contributed by atoms with Gasteiger partial charge in [0.1, 0.15) is 0 Å². The number of hydrogen-bond donors (Lipinski definition) is 1. The van der Waals surface area contributed by atoms with Crippen molar-refractivity contribution in [1.82, 2.24) is 5.43 Å². The van der Waals surface area contributed by atoms with Gasteiger partial charge in [-0.2, -0.15) is 5.10 Å². The summed E-state index contributed by atoms with van der Waals surface area (Å²) in [6, 6.07) is 9.98. The van der Waals surface area contributed by atoms with Gasteiger partial charge in [-0.3, -0.25) is 4.79 Å². The molecule has 92 valence electrons. The summed E-state index contributed by atoms with van der Waals surface area (Å²) < 4.78 is 0. The molecular weight excluding hydrogens is 212 g/mol. The van der Waals surface area contributed by atoms with E-state index in [1.165, 1.54) is 5.56 Å². The third kappa shape index (κ3) is 5.29. The molecule has 0 aliphatic heterocycles. The zero-order valence-corrected chi connectivity index (χ0v) is 10.7. The molecule has 3 nitrogen and oxygen atoms in total. The number of benzene rings is 1. The minimum atomic E-state index is -0.0335. The van der Waals surface area contributed by atoms with Crippen LogP contribution in [0.4, 0.5) is 0 Å². The van der Waals surface area contributed by atoms with Crippen LogP contribution < -0.4 is 5.43 Å². The minimum Gasteiger partial charge on any atom is -0.273 e. The molecule has 0 fully saturated rings. The molecular formula is C14H20N2O. The fourth-order valence-corrected chi connectivity index (χ4v) is 1.24. The zero-order chi connectivity index (χ0) is 12.7. The van der Waals surface area contributed by atoms with Crippen molar-refractivity contribution in [3.63, 3.8) is 0 Å². The number of carbonyl (C=O) groups excluding carboxylic acids is 1. The van der Waals surface area contributed by atoms with Crippen LogP contribution in [0.1, 0.15) is 32.8 Å². The first kappa shape index (κ1) is 13.4. The van der Waals surface area contributed by atoms with Gasteiger partial charge in [-0.05, 0) is 24.8 Å². The quantitative estimate of drug-likeness (QED) is 0.615. The second-order valence-corrected chi connectivity index (χ2v) is 4.43. The Morgan fingerprint density at radius 1 is 1.29 bits per heavy atom. The van der Waals surface area contributed by atoms with E-state index in [0.717, 1.165) is 12.1 Å². The van der Waals surface area contributed by atoms with Crippen LogP contribution in [0, 0.1) is 5.92 Å². The molecule has 0 atom stereocenters. The molecule has 17 heavy (non-hydrogen) atoms. The molecule has 0 heterocycles. The molecule has 1 amide bonds. The number of rotatable bonds is 5. The highest BCUT2D eigenvalue weighted by Gasteiger charge is 2.02. The van der Waals surface area contributed by atoms with Crippen LogP contribution in [0.15, 0.2) is 35.4 Å². The molecule has 0 spiro atoms. The predicted octanol–water partition coefficient (Wildman–Crippen LogP) is 2.77. The molecule has 0 bridgehead atoms. The fourth-order valence-electron chi connectivity index (χ4n) is 1.24. The number of carbonyl (C=O) groups is 1. The third-order valence-electron chi connectivity index (χ3n) is 2.68. The molecule has 0 aliphatic carbocycles. The first-order valence-electron chi connectivity index (χ1n) is 5.96. The first-order chi connectivity index (χ1) is 8.09. The molecule has 0 unspecified atom stereocenters. The Morgan fingerprint density at radius 3 is 2.53 bits per heavy atom. The minimum absolute atomic E-state index is 0.0335. The lowest BCUT2D eigenvalue weighted by Gasteiger charge is -2.05. The van der Waals surface area contributed by atoms with E-state index < -0.39 is 0 Å². The normalized spacial score (nSPS) is 11.6. The number of aryl methyl sites for hydroxylation is 1. The van der Waals surface area contributed by atoms with Crippen LogP contribution in [-0.2, 0) is 11.2 Å². The molecule has 1 N–H and O–H groups in total. The SMILES string of the molecule is C/C(=N\NC(=O)CCc1ccccc1)C(C)C. The van der Waals surface area contributed by atoms with Crippen molar-refractivity contribution in [2.75, 3.05) is 0 Å². The zero-order valence-electron chi connectivity index (χ0n) is 10.7. The molecule has 0 saturated heterocycles. The summed E-state index contributed by atoms with van der Waals surface area (Å²) in [6.45, 7) is 6.02. The van der Waals surface area contributed by atoms with Crippen molar-refractivity contribution < 1.29 is 4.79 Å². The van der Waals surface area contributed by atoms with Crippen molar-refractivity contribution in [2.24, 2.45) is 11.0 Å². The van der Waals surface area contributed by atoms with E-state index in [4.69, 9.17) is 0 Å². The molecule has 1 rings (SSSR count). The fraction of sp³-hybridized carbons (Fsp3) is 0.429. The van der Waals surface area contributed by atoms with Crippen molar-refractivity contribution in [2.45, 2.75) is 33.6 Å². The number of nitrogens with one attached hydrogen (secondary N) is 1. The molecule has 0 aromatic heterocycles. The molecule has 1 aromatic rings. The highest BCUT2D eigenvalue weighted by molar-refractivity contribution is 5.85. The predicted molar refractivity (Wildman–Crippen MR) is 70.9 cm³/mol. The summed E-state index contributed by atoms with van der Waals surface area (Å²) in [5, 5.41) is 4.05. The summed E-state index contributed by atoms with van der Waals surface area (Å²) in [6.07, 6.45) is 1.22. The van der Waals surface area contributed by atoms with Gasteiger partial charge < -0.3 is 0 Å². The van der Waals surface area contributed by atoms with Crippen molar-refractivity contribution in [3.05, 3.63) is 35.9 Å². The van der Waals surface area contributed by atoms with Crippen LogP contribution in [0.25, 0.3) is 0 Å². The number of nitrogens with zero attached hydrogens (tertiary/aromatic N) is 1. The summed E-state index contributed by atoms with van der Waals surface area (Å²) in [5.74, 6) is 0.332. The summed E-state index contributed by atoms with van der Waals surface area (Å²) in [7, 11) is 0. The van der Waals surface area contributed by atoms with Gasteiger partial charge in [0.2, 0.25) is 5.91 Å². The standard InChI is InChI=1S/C14H20N2O/c1-11(2)12(3)15-16-14(17)10-9-13-7-5-4-6-8-13/h4-8,11H,9-10H2,1-3H3,(H,16,17)/b15-12+. The first-order valence-corrected chi connectivity index (χ1v) is 5.96. The van der Waals surface area contributed by atoms with Gasteiger partial charge in [0, 0.05) is 12.1 Å². The average Bonchev–Trinajstić information content (AvgIpc) is 2.34. The van der Waals surface area contributed by atoms with E-state index in [0.29, 0.717) is 12.3 Å². The lowest BCUT2D eigenvalue weighted by Crippen LogP contribution is -2.20. The second-order valence-electron chi connectivity index (χ2n) is 4.43. The maximum atomic E-state index is 11.5. The van der Waals surface area contributed by atoms with Gasteiger partial charge in [0.15, 0.2) is 0 Å². The largest absolute Gasteiger partial charge is 0.273 e. The van der Waals surface area contributed by atoms with E-state index in [1.54, 1.807) is 0 Å². The number of hydrazone groups is 1. The molecule has 3 heteroatoms. The Morgan fingerprint density at radius 2 is 1.94 bits per heavy atom. The van der Waals surface area contributed by atoms with Crippen molar-refractivity contribution in [3.8, 4) is 0 Å². The van der Waals surface area contributed by atoms with E-state index >= 15 is 0 Å². The van der Waals surface area contributed by atoms with Gasteiger partial charge in [-0.1, -0.05) is 44.2 Å². The maximum absolute atomic E-state index is 11.5. The highest BCUT2D eigenvalue weighted by atomic mass is 16.2. The number of hydrogen-bond acceptors (Lipinski definition) is 2. The third-order valence-corrected chi connectivity index (χ3v) is 2.68. The summed E-state index contributed by atoms with van der Waals surface area (Å²) >= 11 is 0. The maximum Gasteiger partial charge on any atom is 0.240 e. The average molecular weight is 232 g/mol. The number of amides is 1. The van der Waals surface area contributed by atoms with Gasteiger partial charge in [-0.25, -0.2) is 5.43 Å². The van der Waals surface area contributed by atoms with Gasteiger partial charge >= 0.3 is 0 Å². The Balaban J connectivity index is 2.34. The lowest BCUT2D eigenvalue weighted by atomic mass is 10.1. The van der Waals surface area contributed by atoms with E-state index in [1.807, 2.05) is 37.3 Å². The highest BCUT2D eigenvalue weighted by Crippen LogP contribution is 2.02. The molecule has 0 radical (unpaired) electrons. The Hall–Kier alpha value is -1.64. The second kappa shape index (κ2) is 6.84. The Bertz CT molecular complexity index is 382. The summed E-state index contributed by atoms with van der Waals surface area (Å²) in [5.41, 5.74) is 4.70. The Kier molecular flexibility index (Phi) is 5.40. The van der Waals surface area contributed by atoms with Gasteiger partial charge in [0.05, 0.1) is 0 Å². The monoisotopic (exact) mass is 232 g/mol. The van der Waals surface area contributed by atoms with E-state index in [2.05, 4.69) is 24.4 Å². The van der Waals surface area contributed by atoms with E-state index in [-0.39, 0.29) is 5.91 Å². The molecule has 1 aromatic carbocycles. The van der Waals surface area contributed by atoms with Crippen LogP contribution >= 0.6 is 0 Å².